The molecule has 2 N–H and O–H groups in total. The molecule has 0 aliphatic carbocycles. The van der Waals surface area contributed by atoms with Crippen LogP contribution in [0.1, 0.15) is 26.0 Å². The molecule has 0 unspecified atom stereocenters. The molecule has 0 saturated heterocycles. The van der Waals surface area contributed by atoms with Crippen molar-refractivity contribution in [3.05, 3.63) is 36.0 Å². The van der Waals surface area contributed by atoms with Gasteiger partial charge in [0.15, 0.2) is 0 Å². The number of rotatable bonds is 7. The quantitative estimate of drug-likeness (QED) is 0.822. The fourth-order valence-electron chi connectivity index (χ4n) is 2.34. The van der Waals surface area contributed by atoms with Crippen molar-refractivity contribution < 1.29 is 9.84 Å². The summed E-state index contributed by atoms with van der Waals surface area (Å²) in [4.78, 5) is 4.67. The fourth-order valence-corrected chi connectivity index (χ4v) is 2.34. The van der Waals surface area contributed by atoms with Gasteiger partial charge in [0, 0.05) is 25.1 Å². The molecule has 0 bridgehead atoms. The average molecular weight is 288 g/mol. The number of benzene rings is 1. The van der Waals surface area contributed by atoms with Gasteiger partial charge in [0.2, 0.25) is 0 Å². The van der Waals surface area contributed by atoms with Gasteiger partial charge in [0.25, 0.3) is 0 Å². The Morgan fingerprint density at radius 3 is 2.76 bits per heavy atom. The summed E-state index contributed by atoms with van der Waals surface area (Å²) in [5, 5.41) is 13.5. The molecule has 0 amide bonds. The average Bonchev–Trinajstić information content (AvgIpc) is 2.46. The molecule has 1 heterocycles. The predicted octanol–water partition coefficient (Wildman–Crippen LogP) is 2.74. The van der Waals surface area contributed by atoms with E-state index in [0.717, 1.165) is 35.3 Å². The van der Waals surface area contributed by atoms with Crippen molar-refractivity contribution in [3.63, 3.8) is 0 Å². The third-order valence-corrected chi connectivity index (χ3v) is 3.66. The lowest BCUT2D eigenvalue weighted by Gasteiger charge is -2.23. The van der Waals surface area contributed by atoms with E-state index in [9.17, 15) is 0 Å². The van der Waals surface area contributed by atoms with Crippen molar-refractivity contribution in [3.8, 4) is 5.75 Å². The molecule has 4 nitrogen and oxygen atoms in total. The highest BCUT2D eigenvalue weighted by atomic mass is 16.5. The Morgan fingerprint density at radius 2 is 2.05 bits per heavy atom. The first-order valence-corrected chi connectivity index (χ1v) is 7.30. The van der Waals surface area contributed by atoms with Crippen LogP contribution in [0.5, 0.6) is 5.75 Å². The Kier molecular flexibility index (Phi) is 5.15. The smallest absolute Gasteiger partial charge is 0.145 e. The van der Waals surface area contributed by atoms with Crippen molar-refractivity contribution in [1.82, 2.24) is 10.3 Å². The lowest BCUT2D eigenvalue weighted by atomic mass is 9.90. The molecule has 114 valence electrons. The van der Waals surface area contributed by atoms with Crippen molar-refractivity contribution in [2.75, 3.05) is 20.3 Å². The number of hydrogen-bond donors (Lipinski definition) is 2. The Hall–Kier alpha value is -1.65. The second-order valence-corrected chi connectivity index (χ2v) is 6.08. The summed E-state index contributed by atoms with van der Waals surface area (Å²) >= 11 is 0. The Bertz CT molecular complexity index is 596. The van der Waals surface area contributed by atoms with E-state index in [2.05, 4.69) is 30.2 Å². The Balaban J connectivity index is 2.06. The second kappa shape index (κ2) is 6.87. The number of aromatic nitrogens is 1. The summed E-state index contributed by atoms with van der Waals surface area (Å²) in [6.45, 7) is 6.07. The first kappa shape index (κ1) is 15.7. The van der Waals surface area contributed by atoms with E-state index in [-0.39, 0.29) is 12.0 Å². The van der Waals surface area contributed by atoms with Crippen LogP contribution in [0.4, 0.5) is 0 Å². The largest absolute Gasteiger partial charge is 0.494 e. The van der Waals surface area contributed by atoms with Crippen molar-refractivity contribution in [1.29, 1.82) is 0 Å². The maximum absolute atomic E-state index is 9.04. The SMILES string of the molecule is COc1cccc2ccc(CNCC(C)(C)CCO)nc12. The Morgan fingerprint density at radius 1 is 1.24 bits per heavy atom. The molecule has 0 saturated carbocycles. The van der Waals surface area contributed by atoms with Crippen LogP contribution in [-0.4, -0.2) is 30.4 Å². The number of pyridine rings is 1. The van der Waals surface area contributed by atoms with Gasteiger partial charge < -0.3 is 15.2 Å². The monoisotopic (exact) mass is 288 g/mol. The number of aliphatic hydroxyl groups is 1. The third kappa shape index (κ3) is 4.16. The molecule has 21 heavy (non-hydrogen) atoms. The van der Waals surface area contributed by atoms with Crippen LogP contribution in [0.2, 0.25) is 0 Å². The van der Waals surface area contributed by atoms with E-state index in [1.165, 1.54) is 0 Å². The van der Waals surface area contributed by atoms with E-state index in [4.69, 9.17) is 9.84 Å². The van der Waals surface area contributed by atoms with Gasteiger partial charge in [-0.1, -0.05) is 32.0 Å². The van der Waals surface area contributed by atoms with Crippen molar-refractivity contribution in [2.24, 2.45) is 5.41 Å². The molecule has 1 aromatic heterocycles. The molecule has 0 spiro atoms. The zero-order valence-electron chi connectivity index (χ0n) is 13.0. The van der Waals surface area contributed by atoms with Gasteiger partial charge in [0.05, 0.1) is 12.8 Å². The van der Waals surface area contributed by atoms with Gasteiger partial charge in [-0.15, -0.1) is 0 Å². The van der Waals surface area contributed by atoms with E-state index >= 15 is 0 Å². The van der Waals surface area contributed by atoms with Crippen LogP contribution < -0.4 is 10.1 Å². The molecule has 2 rings (SSSR count). The minimum atomic E-state index is 0.0866. The van der Waals surface area contributed by atoms with Gasteiger partial charge in [-0.05, 0) is 24.0 Å². The zero-order valence-corrected chi connectivity index (χ0v) is 13.0. The molecular formula is C17H24N2O2. The number of fused-ring (bicyclic) bond motifs is 1. The van der Waals surface area contributed by atoms with Crippen LogP contribution >= 0.6 is 0 Å². The maximum Gasteiger partial charge on any atom is 0.145 e. The zero-order chi connectivity index (χ0) is 15.3. The summed E-state index contributed by atoms with van der Waals surface area (Å²) in [5.74, 6) is 0.801. The van der Waals surface area contributed by atoms with Crippen LogP contribution in [0.15, 0.2) is 30.3 Å². The number of hydrogen-bond acceptors (Lipinski definition) is 4. The van der Waals surface area contributed by atoms with E-state index in [1.807, 2.05) is 24.3 Å². The van der Waals surface area contributed by atoms with E-state index in [1.54, 1.807) is 7.11 Å². The lowest BCUT2D eigenvalue weighted by molar-refractivity contribution is 0.207. The van der Waals surface area contributed by atoms with Gasteiger partial charge in [-0.25, -0.2) is 4.98 Å². The summed E-state index contributed by atoms with van der Waals surface area (Å²) in [6, 6.07) is 10.0. The summed E-state index contributed by atoms with van der Waals surface area (Å²) in [5.41, 5.74) is 1.98. The number of ether oxygens (including phenoxy) is 1. The van der Waals surface area contributed by atoms with Crippen LogP contribution in [0, 0.1) is 5.41 Å². The molecule has 0 atom stereocenters. The molecule has 0 fully saturated rings. The standard InChI is InChI=1S/C17H24N2O2/c1-17(2,9-10-20)12-18-11-14-8-7-13-5-4-6-15(21-3)16(13)19-14/h4-8,18,20H,9-12H2,1-3H3. The van der Waals surface area contributed by atoms with Gasteiger partial charge in [0.1, 0.15) is 11.3 Å². The fraction of sp³-hybridized carbons (Fsp3) is 0.471. The van der Waals surface area contributed by atoms with E-state index in [0.29, 0.717) is 6.54 Å². The van der Waals surface area contributed by atoms with Crippen LogP contribution in [0.25, 0.3) is 10.9 Å². The predicted molar refractivity (Wildman–Crippen MR) is 85.5 cm³/mol. The van der Waals surface area contributed by atoms with Crippen molar-refractivity contribution >= 4 is 10.9 Å². The van der Waals surface area contributed by atoms with Crippen molar-refractivity contribution in [2.45, 2.75) is 26.8 Å². The summed E-state index contributed by atoms with van der Waals surface area (Å²) in [7, 11) is 1.67. The topological polar surface area (TPSA) is 54.4 Å². The lowest BCUT2D eigenvalue weighted by Crippen LogP contribution is -2.30. The highest BCUT2D eigenvalue weighted by Crippen LogP contribution is 2.23. The normalized spacial score (nSPS) is 11.8. The van der Waals surface area contributed by atoms with Crippen LogP contribution in [0.3, 0.4) is 0 Å². The third-order valence-electron chi connectivity index (χ3n) is 3.66. The number of para-hydroxylation sites is 1. The number of aliphatic hydroxyl groups excluding tert-OH is 1. The summed E-state index contributed by atoms with van der Waals surface area (Å²) < 4.78 is 5.36. The van der Waals surface area contributed by atoms with Crippen LogP contribution in [-0.2, 0) is 6.54 Å². The van der Waals surface area contributed by atoms with E-state index < -0.39 is 0 Å². The van der Waals surface area contributed by atoms with Gasteiger partial charge in [-0.3, -0.25) is 0 Å². The molecule has 0 aliphatic rings. The maximum atomic E-state index is 9.04. The van der Waals surface area contributed by atoms with Gasteiger partial charge in [-0.2, -0.15) is 0 Å². The molecule has 0 aliphatic heterocycles. The molecule has 4 heteroatoms. The second-order valence-electron chi connectivity index (χ2n) is 6.08. The first-order chi connectivity index (χ1) is 10.1. The molecule has 2 aromatic rings. The van der Waals surface area contributed by atoms with Gasteiger partial charge >= 0.3 is 0 Å². The highest BCUT2D eigenvalue weighted by molar-refractivity contribution is 5.84. The Labute approximate surface area is 126 Å². The minimum Gasteiger partial charge on any atom is -0.494 e. The number of nitrogens with one attached hydrogen (secondary N) is 1. The molecule has 0 radical (unpaired) electrons. The number of nitrogens with zero attached hydrogens (tertiary/aromatic N) is 1. The highest BCUT2D eigenvalue weighted by Gasteiger charge is 2.16. The summed E-state index contributed by atoms with van der Waals surface area (Å²) in [6.07, 6.45) is 0.791. The minimum absolute atomic E-state index is 0.0866. The molecular weight excluding hydrogens is 264 g/mol. The first-order valence-electron chi connectivity index (χ1n) is 7.30. The molecule has 1 aromatic carbocycles. The number of methoxy groups -OCH3 is 1.